The number of nitrogens with one attached hydrogen (secondary N) is 2. The fourth-order valence-electron chi connectivity index (χ4n) is 4.45. The highest BCUT2D eigenvalue weighted by Crippen LogP contribution is 2.47. The standard InChI is InChI=1S/C23H30N2O3S/c1-6-23(2,3)14-8-9-15-18(12-14)29-22-19(15)21(26)24-20(25-22)13-7-10-16(27-4)17(11-13)28-5/h7,10-11,14,20,25H,6,8-9,12H2,1-5H3,(H,24,26)/t14-,20-/m1/s1. The molecule has 0 saturated carbocycles. The van der Waals surface area contributed by atoms with E-state index in [4.69, 9.17) is 9.47 Å². The number of benzene rings is 1. The molecule has 1 amide bonds. The number of anilines is 1. The second-order valence-electron chi connectivity index (χ2n) is 8.66. The fourth-order valence-corrected chi connectivity index (χ4v) is 5.81. The van der Waals surface area contributed by atoms with Gasteiger partial charge in [-0.1, -0.05) is 33.3 Å². The summed E-state index contributed by atoms with van der Waals surface area (Å²) < 4.78 is 10.7. The maximum Gasteiger partial charge on any atom is 0.256 e. The monoisotopic (exact) mass is 414 g/mol. The van der Waals surface area contributed by atoms with Crippen molar-refractivity contribution in [1.82, 2.24) is 5.32 Å². The summed E-state index contributed by atoms with van der Waals surface area (Å²) in [5, 5.41) is 7.67. The Bertz CT molecular complexity index is 934. The summed E-state index contributed by atoms with van der Waals surface area (Å²) in [5.74, 6) is 2.02. The third-order valence-electron chi connectivity index (χ3n) is 6.80. The van der Waals surface area contributed by atoms with Crippen molar-refractivity contribution < 1.29 is 14.3 Å². The highest BCUT2D eigenvalue weighted by Gasteiger charge is 2.37. The maximum atomic E-state index is 13.0. The molecule has 5 nitrogen and oxygen atoms in total. The molecule has 0 radical (unpaired) electrons. The van der Waals surface area contributed by atoms with Crippen LogP contribution in [0, 0.1) is 11.3 Å². The molecule has 0 saturated heterocycles. The lowest BCUT2D eigenvalue weighted by molar-refractivity contribution is 0.0934. The number of hydrogen-bond acceptors (Lipinski definition) is 5. The molecular weight excluding hydrogens is 384 g/mol. The number of carbonyl (C=O) groups is 1. The Balaban J connectivity index is 1.62. The summed E-state index contributed by atoms with van der Waals surface area (Å²) in [4.78, 5) is 14.4. The third-order valence-corrected chi connectivity index (χ3v) is 7.99. The molecule has 1 aliphatic carbocycles. The molecule has 1 aromatic carbocycles. The summed E-state index contributed by atoms with van der Waals surface area (Å²) in [7, 11) is 3.24. The largest absolute Gasteiger partial charge is 0.493 e. The number of ether oxygens (including phenoxy) is 2. The SMILES string of the molecule is CCC(C)(C)[C@@H]1CCc2c(sc3c2C(=O)N[C@@H](c2ccc(OC)c(OC)c2)N3)C1. The predicted molar refractivity (Wildman–Crippen MR) is 117 cm³/mol. The topological polar surface area (TPSA) is 59.6 Å². The third kappa shape index (κ3) is 3.48. The summed E-state index contributed by atoms with van der Waals surface area (Å²) in [5.41, 5.74) is 3.39. The van der Waals surface area contributed by atoms with Crippen LogP contribution < -0.4 is 20.1 Å². The van der Waals surface area contributed by atoms with Gasteiger partial charge in [-0.05, 0) is 53.9 Å². The van der Waals surface area contributed by atoms with Gasteiger partial charge in [0.15, 0.2) is 11.5 Å². The zero-order valence-electron chi connectivity index (χ0n) is 17.8. The average molecular weight is 415 g/mol. The average Bonchev–Trinajstić information content (AvgIpc) is 3.11. The van der Waals surface area contributed by atoms with Gasteiger partial charge in [-0.15, -0.1) is 11.3 Å². The zero-order valence-corrected chi connectivity index (χ0v) is 18.7. The van der Waals surface area contributed by atoms with E-state index in [0.717, 1.165) is 35.4 Å². The van der Waals surface area contributed by atoms with Gasteiger partial charge in [0, 0.05) is 4.88 Å². The number of carbonyl (C=O) groups excluding carboxylic acids is 1. The van der Waals surface area contributed by atoms with Gasteiger partial charge < -0.3 is 20.1 Å². The number of methoxy groups -OCH3 is 2. The number of rotatable bonds is 5. The van der Waals surface area contributed by atoms with Gasteiger partial charge >= 0.3 is 0 Å². The molecule has 6 heteroatoms. The number of thiophene rings is 1. The van der Waals surface area contributed by atoms with E-state index in [-0.39, 0.29) is 12.1 Å². The van der Waals surface area contributed by atoms with Crippen LogP contribution in [0.4, 0.5) is 5.00 Å². The van der Waals surface area contributed by atoms with Crippen LogP contribution in [-0.4, -0.2) is 20.1 Å². The number of amides is 1. The van der Waals surface area contributed by atoms with Crippen LogP contribution in [0.25, 0.3) is 0 Å². The summed E-state index contributed by atoms with van der Waals surface area (Å²) >= 11 is 1.76. The van der Waals surface area contributed by atoms with Gasteiger partial charge in [0.2, 0.25) is 0 Å². The molecule has 0 bridgehead atoms. The first-order valence-corrected chi connectivity index (χ1v) is 11.1. The summed E-state index contributed by atoms with van der Waals surface area (Å²) in [6.07, 6.45) is 4.12. The van der Waals surface area contributed by atoms with Gasteiger partial charge in [-0.3, -0.25) is 4.79 Å². The van der Waals surface area contributed by atoms with E-state index >= 15 is 0 Å². The first-order chi connectivity index (χ1) is 13.9. The van der Waals surface area contributed by atoms with Crippen LogP contribution in [0.5, 0.6) is 11.5 Å². The van der Waals surface area contributed by atoms with E-state index in [1.165, 1.54) is 16.9 Å². The Hall–Kier alpha value is -2.21. The molecule has 0 unspecified atom stereocenters. The fraction of sp³-hybridized carbons (Fsp3) is 0.522. The van der Waals surface area contributed by atoms with Crippen LogP contribution in [0.3, 0.4) is 0 Å². The lowest BCUT2D eigenvalue weighted by Crippen LogP contribution is -2.38. The second kappa shape index (κ2) is 7.56. The first kappa shape index (κ1) is 20.1. The van der Waals surface area contributed by atoms with Crippen molar-refractivity contribution >= 4 is 22.2 Å². The minimum absolute atomic E-state index is 0.0178. The van der Waals surface area contributed by atoms with Gasteiger partial charge in [-0.25, -0.2) is 0 Å². The van der Waals surface area contributed by atoms with Crippen molar-refractivity contribution in [3.05, 3.63) is 39.8 Å². The Morgan fingerprint density at radius 1 is 1.17 bits per heavy atom. The van der Waals surface area contributed by atoms with E-state index in [0.29, 0.717) is 22.8 Å². The van der Waals surface area contributed by atoms with E-state index in [1.54, 1.807) is 25.6 Å². The molecule has 2 aromatic rings. The van der Waals surface area contributed by atoms with Crippen LogP contribution >= 0.6 is 11.3 Å². The van der Waals surface area contributed by atoms with Crippen molar-refractivity contribution in [2.75, 3.05) is 19.5 Å². The molecule has 4 rings (SSSR count). The van der Waals surface area contributed by atoms with Crippen molar-refractivity contribution in [2.45, 2.75) is 52.6 Å². The molecule has 1 aliphatic heterocycles. The molecule has 0 fully saturated rings. The normalized spacial score (nSPS) is 20.9. The highest BCUT2D eigenvalue weighted by molar-refractivity contribution is 7.16. The van der Waals surface area contributed by atoms with Crippen molar-refractivity contribution in [3.8, 4) is 11.5 Å². The Kier molecular flexibility index (Phi) is 5.23. The van der Waals surface area contributed by atoms with E-state index in [9.17, 15) is 4.79 Å². The van der Waals surface area contributed by atoms with Gasteiger partial charge in [0.05, 0.1) is 19.8 Å². The lowest BCUT2D eigenvalue weighted by atomic mass is 9.69. The van der Waals surface area contributed by atoms with Gasteiger partial charge in [0.1, 0.15) is 11.2 Å². The molecule has 2 atom stereocenters. The Labute approximate surface area is 176 Å². The highest BCUT2D eigenvalue weighted by atomic mass is 32.1. The smallest absolute Gasteiger partial charge is 0.256 e. The summed E-state index contributed by atoms with van der Waals surface area (Å²) in [6.45, 7) is 7.01. The van der Waals surface area contributed by atoms with Crippen molar-refractivity contribution in [1.29, 1.82) is 0 Å². The summed E-state index contributed by atoms with van der Waals surface area (Å²) in [6, 6.07) is 5.74. The molecule has 29 heavy (non-hydrogen) atoms. The second-order valence-corrected chi connectivity index (χ2v) is 9.76. The molecular formula is C23H30N2O3S. The maximum absolute atomic E-state index is 13.0. The first-order valence-electron chi connectivity index (χ1n) is 10.3. The van der Waals surface area contributed by atoms with Crippen molar-refractivity contribution in [3.63, 3.8) is 0 Å². The zero-order chi connectivity index (χ0) is 20.8. The van der Waals surface area contributed by atoms with E-state index in [1.807, 2.05) is 18.2 Å². The number of fused-ring (bicyclic) bond motifs is 3. The Morgan fingerprint density at radius 2 is 1.93 bits per heavy atom. The van der Waals surface area contributed by atoms with Crippen LogP contribution in [-0.2, 0) is 12.8 Å². The van der Waals surface area contributed by atoms with Crippen LogP contribution in [0.15, 0.2) is 18.2 Å². The van der Waals surface area contributed by atoms with Crippen LogP contribution in [0.2, 0.25) is 0 Å². The predicted octanol–water partition coefficient (Wildman–Crippen LogP) is 5.16. The van der Waals surface area contributed by atoms with E-state index < -0.39 is 0 Å². The number of hydrogen-bond donors (Lipinski definition) is 2. The van der Waals surface area contributed by atoms with Crippen molar-refractivity contribution in [2.24, 2.45) is 11.3 Å². The minimum Gasteiger partial charge on any atom is -0.493 e. The minimum atomic E-state index is -0.280. The van der Waals surface area contributed by atoms with E-state index in [2.05, 4.69) is 31.4 Å². The molecule has 0 spiro atoms. The van der Waals surface area contributed by atoms with Gasteiger partial charge in [0.25, 0.3) is 5.91 Å². The molecule has 2 aliphatic rings. The molecule has 1 aromatic heterocycles. The quantitative estimate of drug-likeness (QED) is 0.709. The Morgan fingerprint density at radius 3 is 2.62 bits per heavy atom. The van der Waals surface area contributed by atoms with Crippen LogP contribution in [0.1, 0.15) is 66.1 Å². The molecule has 156 valence electrons. The lowest BCUT2D eigenvalue weighted by Gasteiger charge is -2.36. The molecule has 2 heterocycles. The molecule has 2 N–H and O–H groups in total. The van der Waals surface area contributed by atoms with Gasteiger partial charge in [-0.2, -0.15) is 0 Å².